The lowest BCUT2D eigenvalue weighted by atomic mass is 10.4. The summed E-state index contributed by atoms with van der Waals surface area (Å²) in [5, 5.41) is 5.37. The summed E-state index contributed by atoms with van der Waals surface area (Å²) in [6.45, 7) is 0.373. The van der Waals surface area contributed by atoms with Crippen molar-refractivity contribution in [1.29, 1.82) is 0 Å². The molecule has 0 saturated heterocycles. The van der Waals surface area contributed by atoms with Crippen molar-refractivity contribution in [1.82, 2.24) is 20.3 Å². The molecule has 0 bridgehead atoms. The summed E-state index contributed by atoms with van der Waals surface area (Å²) in [7, 11) is 0. The molecule has 0 atom stereocenters. The van der Waals surface area contributed by atoms with Gasteiger partial charge in [0.1, 0.15) is 10.7 Å². The van der Waals surface area contributed by atoms with E-state index in [-0.39, 0.29) is 11.6 Å². The normalized spacial score (nSPS) is 9.94. The largest absolute Gasteiger partial charge is 0.344 e. The number of hydrogen-bond acceptors (Lipinski definition) is 7. The fourth-order valence-electron chi connectivity index (χ4n) is 1.13. The van der Waals surface area contributed by atoms with Crippen LogP contribution >= 0.6 is 11.3 Å². The standard InChI is InChI=1S/C9H10N6OS/c10-15-7-4-11-3-6(14-7)9(16)13-5-8-12-1-2-17-8/h1-4H,5,10H2,(H,13,16)(H,14,15). The second-order valence-corrected chi connectivity index (χ2v) is 4.02. The number of nitrogens with one attached hydrogen (secondary N) is 2. The number of hydrazine groups is 1. The predicted octanol–water partition coefficient (Wildman–Crippen LogP) is 0.149. The van der Waals surface area contributed by atoms with Gasteiger partial charge >= 0.3 is 0 Å². The Morgan fingerprint density at radius 1 is 1.47 bits per heavy atom. The highest BCUT2D eigenvalue weighted by atomic mass is 32.1. The lowest BCUT2D eigenvalue weighted by molar-refractivity contribution is 0.0945. The molecule has 2 heterocycles. The minimum Gasteiger partial charge on any atom is -0.344 e. The van der Waals surface area contributed by atoms with Gasteiger partial charge in [-0.1, -0.05) is 0 Å². The van der Waals surface area contributed by atoms with Crippen LogP contribution in [0.1, 0.15) is 15.5 Å². The van der Waals surface area contributed by atoms with Gasteiger partial charge in [-0.3, -0.25) is 9.78 Å². The van der Waals surface area contributed by atoms with E-state index < -0.39 is 0 Å². The average Bonchev–Trinajstić information content (AvgIpc) is 2.89. The molecule has 0 fully saturated rings. The Labute approximate surface area is 101 Å². The van der Waals surface area contributed by atoms with Crippen LogP contribution in [-0.2, 0) is 6.54 Å². The van der Waals surface area contributed by atoms with Crippen LogP contribution in [0.3, 0.4) is 0 Å². The maximum atomic E-state index is 11.7. The van der Waals surface area contributed by atoms with Crippen LogP contribution in [-0.4, -0.2) is 20.9 Å². The van der Waals surface area contributed by atoms with E-state index in [1.807, 2.05) is 5.38 Å². The highest BCUT2D eigenvalue weighted by Gasteiger charge is 2.08. The third-order valence-corrected chi connectivity index (χ3v) is 2.68. The van der Waals surface area contributed by atoms with Gasteiger partial charge in [0, 0.05) is 11.6 Å². The van der Waals surface area contributed by atoms with Crippen LogP contribution in [0.2, 0.25) is 0 Å². The summed E-state index contributed by atoms with van der Waals surface area (Å²) in [6.07, 6.45) is 4.49. The molecule has 0 unspecified atom stereocenters. The van der Waals surface area contributed by atoms with E-state index in [9.17, 15) is 4.79 Å². The van der Waals surface area contributed by atoms with Crippen molar-refractivity contribution >= 4 is 23.1 Å². The Balaban J connectivity index is 1.99. The van der Waals surface area contributed by atoms with Crippen LogP contribution in [0.25, 0.3) is 0 Å². The lowest BCUT2D eigenvalue weighted by Crippen LogP contribution is -2.24. The molecule has 0 spiro atoms. The van der Waals surface area contributed by atoms with Gasteiger partial charge in [-0.05, 0) is 0 Å². The molecule has 17 heavy (non-hydrogen) atoms. The summed E-state index contributed by atoms with van der Waals surface area (Å²) in [4.78, 5) is 23.6. The highest BCUT2D eigenvalue weighted by molar-refractivity contribution is 7.09. The van der Waals surface area contributed by atoms with Gasteiger partial charge in [0.25, 0.3) is 5.91 Å². The number of anilines is 1. The zero-order valence-corrected chi connectivity index (χ0v) is 9.57. The maximum Gasteiger partial charge on any atom is 0.271 e. The fraction of sp³-hybridized carbons (Fsp3) is 0.111. The molecule has 1 amide bonds. The zero-order chi connectivity index (χ0) is 12.1. The molecule has 0 radical (unpaired) electrons. The van der Waals surface area contributed by atoms with Crippen molar-refractivity contribution in [2.75, 3.05) is 5.43 Å². The number of rotatable bonds is 4. The first kappa shape index (κ1) is 11.4. The van der Waals surface area contributed by atoms with Gasteiger partial charge in [0.2, 0.25) is 0 Å². The number of carbonyl (C=O) groups is 1. The number of nitrogens with two attached hydrogens (primary N) is 1. The van der Waals surface area contributed by atoms with Gasteiger partial charge in [0.05, 0.1) is 18.9 Å². The van der Waals surface area contributed by atoms with Gasteiger partial charge in [-0.15, -0.1) is 11.3 Å². The summed E-state index contributed by atoms with van der Waals surface area (Å²) in [5.41, 5.74) is 2.53. The van der Waals surface area contributed by atoms with Crippen LogP contribution in [0.15, 0.2) is 24.0 Å². The Kier molecular flexibility index (Phi) is 3.58. The van der Waals surface area contributed by atoms with Crippen LogP contribution in [0.4, 0.5) is 5.82 Å². The summed E-state index contributed by atoms with van der Waals surface area (Å²) in [6, 6.07) is 0. The van der Waals surface area contributed by atoms with Crippen molar-refractivity contribution in [2.45, 2.75) is 6.54 Å². The van der Waals surface area contributed by atoms with Gasteiger partial charge in [-0.2, -0.15) is 0 Å². The van der Waals surface area contributed by atoms with Gasteiger partial charge in [0.15, 0.2) is 5.82 Å². The van der Waals surface area contributed by atoms with E-state index in [1.165, 1.54) is 23.7 Å². The topological polar surface area (TPSA) is 106 Å². The quantitative estimate of drug-likeness (QED) is 0.527. The van der Waals surface area contributed by atoms with Crippen molar-refractivity contribution in [3.05, 3.63) is 34.7 Å². The number of aromatic nitrogens is 3. The number of nitrogen functional groups attached to an aromatic ring is 1. The number of nitrogens with zero attached hydrogens (tertiary/aromatic N) is 3. The first-order valence-corrected chi connectivity index (χ1v) is 5.63. The third kappa shape index (κ3) is 2.95. The molecule has 2 aromatic heterocycles. The van der Waals surface area contributed by atoms with Gasteiger partial charge < -0.3 is 10.7 Å². The first-order valence-electron chi connectivity index (χ1n) is 4.75. The lowest BCUT2D eigenvalue weighted by Gasteiger charge is -2.03. The average molecular weight is 250 g/mol. The molecule has 0 aliphatic heterocycles. The molecule has 8 heteroatoms. The SMILES string of the molecule is NNc1cncc(C(=O)NCc2nccs2)n1. The van der Waals surface area contributed by atoms with E-state index in [0.717, 1.165) is 5.01 Å². The Morgan fingerprint density at radius 2 is 2.35 bits per heavy atom. The molecular weight excluding hydrogens is 240 g/mol. The summed E-state index contributed by atoms with van der Waals surface area (Å²) >= 11 is 1.47. The van der Waals surface area contributed by atoms with E-state index >= 15 is 0 Å². The van der Waals surface area contributed by atoms with Gasteiger partial charge in [-0.25, -0.2) is 15.8 Å². The third-order valence-electron chi connectivity index (χ3n) is 1.90. The summed E-state index contributed by atoms with van der Waals surface area (Å²) in [5.74, 6) is 5.20. The maximum absolute atomic E-state index is 11.7. The van der Waals surface area contributed by atoms with Crippen LogP contribution in [0, 0.1) is 0 Å². The molecule has 88 valence electrons. The van der Waals surface area contributed by atoms with Crippen molar-refractivity contribution in [3.63, 3.8) is 0 Å². The van der Waals surface area contributed by atoms with Crippen molar-refractivity contribution < 1.29 is 4.79 Å². The Morgan fingerprint density at radius 3 is 3.06 bits per heavy atom. The minimum atomic E-state index is -0.315. The van der Waals surface area contributed by atoms with E-state index in [2.05, 4.69) is 25.7 Å². The van der Waals surface area contributed by atoms with E-state index in [4.69, 9.17) is 5.84 Å². The molecule has 2 rings (SSSR count). The minimum absolute atomic E-state index is 0.206. The van der Waals surface area contributed by atoms with Crippen LogP contribution < -0.4 is 16.6 Å². The number of thiazole rings is 1. The number of amides is 1. The molecule has 0 aliphatic rings. The van der Waals surface area contributed by atoms with Crippen molar-refractivity contribution in [2.24, 2.45) is 5.84 Å². The Bertz CT molecular complexity index is 500. The molecular formula is C9H10N6OS. The predicted molar refractivity (Wildman–Crippen MR) is 63.1 cm³/mol. The number of hydrogen-bond donors (Lipinski definition) is 3. The van der Waals surface area contributed by atoms with Crippen molar-refractivity contribution in [3.8, 4) is 0 Å². The van der Waals surface area contributed by atoms with E-state index in [0.29, 0.717) is 12.4 Å². The molecule has 0 saturated carbocycles. The van der Waals surface area contributed by atoms with Crippen LogP contribution in [0.5, 0.6) is 0 Å². The molecule has 2 aromatic rings. The second-order valence-electron chi connectivity index (χ2n) is 3.04. The fourth-order valence-corrected chi connectivity index (χ4v) is 1.69. The highest BCUT2D eigenvalue weighted by Crippen LogP contribution is 2.04. The number of carbonyl (C=O) groups excluding carboxylic acids is 1. The monoisotopic (exact) mass is 250 g/mol. The first-order chi connectivity index (χ1) is 8.29. The summed E-state index contributed by atoms with van der Waals surface area (Å²) < 4.78 is 0. The smallest absolute Gasteiger partial charge is 0.271 e. The zero-order valence-electron chi connectivity index (χ0n) is 8.75. The molecule has 7 nitrogen and oxygen atoms in total. The molecule has 0 aromatic carbocycles. The Hall–Kier alpha value is -2.06. The molecule has 0 aliphatic carbocycles. The molecule has 4 N–H and O–H groups in total. The second kappa shape index (κ2) is 5.32. The van der Waals surface area contributed by atoms with E-state index in [1.54, 1.807) is 6.20 Å².